The maximum Gasteiger partial charge on any atom is 0.250 e. The summed E-state index contributed by atoms with van der Waals surface area (Å²) in [7, 11) is 3.22. The molecule has 0 fully saturated rings. The second-order valence-corrected chi connectivity index (χ2v) is 8.47. The van der Waals surface area contributed by atoms with E-state index in [4.69, 9.17) is 9.47 Å². The Morgan fingerprint density at radius 2 is 1.74 bits per heavy atom. The van der Waals surface area contributed by atoms with Crippen molar-refractivity contribution in [1.29, 1.82) is 0 Å². The third kappa shape index (κ3) is 5.88. The van der Waals surface area contributed by atoms with Crippen LogP contribution in [0, 0.1) is 6.92 Å². The van der Waals surface area contributed by atoms with Crippen molar-refractivity contribution in [3.05, 3.63) is 83.9 Å². The Balaban J connectivity index is 1.52. The second kappa shape index (κ2) is 11.3. The van der Waals surface area contributed by atoms with Gasteiger partial charge in [-0.15, -0.1) is 10.2 Å². The number of para-hydroxylation sites is 1. The summed E-state index contributed by atoms with van der Waals surface area (Å²) < 4.78 is 12.5. The largest absolute Gasteiger partial charge is 0.497 e. The van der Waals surface area contributed by atoms with E-state index in [0.717, 1.165) is 28.1 Å². The molecule has 1 heterocycles. The van der Waals surface area contributed by atoms with Gasteiger partial charge in [-0.25, -0.2) is 5.43 Å². The van der Waals surface area contributed by atoms with Gasteiger partial charge >= 0.3 is 0 Å². The molecule has 0 bridgehead atoms. The van der Waals surface area contributed by atoms with Crippen LogP contribution >= 0.6 is 11.8 Å². The summed E-state index contributed by atoms with van der Waals surface area (Å²) in [6, 6.07) is 23.1. The van der Waals surface area contributed by atoms with E-state index in [-0.39, 0.29) is 11.7 Å². The zero-order valence-electron chi connectivity index (χ0n) is 19.6. The Morgan fingerprint density at radius 3 is 2.46 bits per heavy atom. The third-order valence-electron chi connectivity index (χ3n) is 5.14. The molecule has 4 rings (SSSR count). The summed E-state index contributed by atoms with van der Waals surface area (Å²) >= 11 is 1.28. The number of methoxy groups -OCH3 is 2. The average molecular weight is 488 g/mol. The Bertz CT molecular complexity index is 1320. The number of aryl methyl sites for hydroxylation is 1. The van der Waals surface area contributed by atoms with Gasteiger partial charge in [0.1, 0.15) is 11.5 Å². The number of hydrogen-bond acceptors (Lipinski definition) is 7. The zero-order valence-corrected chi connectivity index (χ0v) is 20.5. The monoisotopic (exact) mass is 487 g/mol. The predicted octanol–water partition coefficient (Wildman–Crippen LogP) is 4.50. The molecule has 8 nitrogen and oxygen atoms in total. The van der Waals surface area contributed by atoms with Gasteiger partial charge in [0.15, 0.2) is 11.0 Å². The normalized spacial score (nSPS) is 10.9. The van der Waals surface area contributed by atoms with E-state index in [2.05, 4.69) is 20.7 Å². The van der Waals surface area contributed by atoms with Crippen LogP contribution in [0.4, 0.5) is 0 Å². The topological polar surface area (TPSA) is 90.6 Å². The fourth-order valence-corrected chi connectivity index (χ4v) is 4.07. The van der Waals surface area contributed by atoms with Gasteiger partial charge in [-0.1, -0.05) is 53.7 Å². The van der Waals surface area contributed by atoms with E-state index in [9.17, 15) is 4.79 Å². The molecule has 0 saturated heterocycles. The van der Waals surface area contributed by atoms with Crippen LogP contribution < -0.4 is 14.9 Å². The fraction of sp³-hybridized carbons (Fsp3) is 0.154. The number of carbonyl (C=O) groups is 1. The van der Waals surface area contributed by atoms with Gasteiger partial charge in [0.25, 0.3) is 5.91 Å². The van der Waals surface area contributed by atoms with Crippen molar-refractivity contribution in [2.24, 2.45) is 5.10 Å². The van der Waals surface area contributed by atoms with Crippen LogP contribution in [0.15, 0.2) is 83.1 Å². The third-order valence-corrected chi connectivity index (χ3v) is 6.07. The molecular weight excluding hydrogens is 462 g/mol. The van der Waals surface area contributed by atoms with Crippen LogP contribution in [0.1, 0.15) is 11.1 Å². The van der Waals surface area contributed by atoms with Crippen molar-refractivity contribution in [1.82, 2.24) is 20.2 Å². The number of carbonyl (C=O) groups excluding carboxylic acids is 1. The van der Waals surface area contributed by atoms with E-state index in [0.29, 0.717) is 16.7 Å². The molecule has 3 aromatic carbocycles. The van der Waals surface area contributed by atoms with E-state index >= 15 is 0 Å². The van der Waals surface area contributed by atoms with Crippen LogP contribution in [0.2, 0.25) is 0 Å². The molecule has 1 aromatic heterocycles. The number of aromatic nitrogens is 3. The number of nitrogens with one attached hydrogen (secondary N) is 1. The highest BCUT2D eigenvalue weighted by atomic mass is 32.2. The number of hydrogen-bond donors (Lipinski definition) is 1. The molecule has 178 valence electrons. The summed E-state index contributed by atoms with van der Waals surface area (Å²) in [5, 5.41) is 13.4. The molecule has 0 spiro atoms. The lowest BCUT2D eigenvalue weighted by molar-refractivity contribution is -0.118. The maximum absolute atomic E-state index is 12.5. The van der Waals surface area contributed by atoms with E-state index in [1.54, 1.807) is 20.4 Å². The first-order valence-electron chi connectivity index (χ1n) is 10.8. The molecule has 0 atom stereocenters. The molecule has 0 radical (unpaired) electrons. The Morgan fingerprint density at radius 1 is 1.00 bits per heavy atom. The van der Waals surface area contributed by atoms with Crippen LogP contribution in [0.5, 0.6) is 11.5 Å². The van der Waals surface area contributed by atoms with Crippen molar-refractivity contribution in [3.8, 4) is 28.6 Å². The SMILES string of the molecule is COc1ccc(-n2c(SCC(=O)N/N=C\c3ccccc3OC)nnc2-c2ccc(C)cc2)cc1. The molecular formula is C26H25N5O3S. The molecule has 0 aliphatic heterocycles. The Kier molecular flexibility index (Phi) is 7.79. The number of nitrogens with zero attached hydrogens (tertiary/aromatic N) is 4. The van der Waals surface area contributed by atoms with Crippen molar-refractivity contribution in [3.63, 3.8) is 0 Å². The van der Waals surface area contributed by atoms with Crippen LogP contribution in [-0.4, -0.2) is 46.9 Å². The van der Waals surface area contributed by atoms with Crippen LogP contribution in [0.3, 0.4) is 0 Å². The number of hydrazone groups is 1. The highest BCUT2D eigenvalue weighted by Gasteiger charge is 2.17. The summed E-state index contributed by atoms with van der Waals surface area (Å²) in [6.07, 6.45) is 1.55. The van der Waals surface area contributed by atoms with Gasteiger partial charge in [0.05, 0.1) is 26.2 Å². The molecule has 9 heteroatoms. The van der Waals surface area contributed by atoms with Crippen molar-refractivity contribution in [2.45, 2.75) is 12.1 Å². The first kappa shape index (κ1) is 24.0. The van der Waals surface area contributed by atoms with Gasteiger partial charge in [0.2, 0.25) is 0 Å². The quantitative estimate of drug-likeness (QED) is 0.212. The first-order valence-corrected chi connectivity index (χ1v) is 11.8. The highest BCUT2D eigenvalue weighted by molar-refractivity contribution is 7.99. The number of thioether (sulfide) groups is 1. The van der Waals surface area contributed by atoms with Gasteiger partial charge in [-0.05, 0) is 43.3 Å². The maximum atomic E-state index is 12.5. The average Bonchev–Trinajstić information content (AvgIpc) is 3.32. The van der Waals surface area contributed by atoms with E-state index in [1.807, 2.05) is 84.3 Å². The summed E-state index contributed by atoms with van der Waals surface area (Å²) in [5.41, 5.74) is 6.27. The lowest BCUT2D eigenvalue weighted by atomic mass is 10.1. The summed E-state index contributed by atoms with van der Waals surface area (Å²) in [6.45, 7) is 2.04. The summed E-state index contributed by atoms with van der Waals surface area (Å²) in [5.74, 6) is 1.97. The van der Waals surface area contributed by atoms with Gasteiger partial charge in [-0.2, -0.15) is 5.10 Å². The lowest BCUT2D eigenvalue weighted by Gasteiger charge is -2.11. The molecule has 0 aliphatic carbocycles. The minimum atomic E-state index is -0.262. The molecule has 0 saturated carbocycles. The number of rotatable bonds is 9. The van der Waals surface area contributed by atoms with Crippen molar-refractivity contribution in [2.75, 3.05) is 20.0 Å². The van der Waals surface area contributed by atoms with Gasteiger partial charge < -0.3 is 9.47 Å². The first-order chi connectivity index (χ1) is 17.1. The number of amides is 1. The number of ether oxygens (including phenoxy) is 2. The highest BCUT2D eigenvalue weighted by Crippen LogP contribution is 2.29. The van der Waals surface area contributed by atoms with Crippen molar-refractivity contribution < 1.29 is 14.3 Å². The van der Waals surface area contributed by atoms with E-state index in [1.165, 1.54) is 11.8 Å². The minimum absolute atomic E-state index is 0.117. The van der Waals surface area contributed by atoms with E-state index < -0.39 is 0 Å². The fourth-order valence-electron chi connectivity index (χ4n) is 3.33. The zero-order chi connectivity index (χ0) is 24.6. The molecule has 0 unspecified atom stereocenters. The lowest BCUT2D eigenvalue weighted by Crippen LogP contribution is -2.20. The van der Waals surface area contributed by atoms with Gasteiger partial charge in [-0.3, -0.25) is 9.36 Å². The Hall–Kier alpha value is -4.11. The molecule has 35 heavy (non-hydrogen) atoms. The summed E-state index contributed by atoms with van der Waals surface area (Å²) in [4.78, 5) is 12.5. The smallest absolute Gasteiger partial charge is 0.250 e. The van der Waals surface area contributed by atoms with Gasteiger partial charge in [0, 0.05) is 16.8 Å². The number of benzene rings is 3. The molecule has 4 aromatic rings. The standard InChI is InChI=1S/C26H25N5O3S/c1-18-8-10-19(11-9-18)25-29-30-26(31(25)21-12-14-22(33-2)15-13-21)35-17-24(32)28-27-16-20-6-4-5-7-23(20)34-3/h4-16H,17H2,1-3H3,(H,28,32)/b27-16-. The second-order valence-electron chi connectivity index (χ2n) is 7.53. The van der Waals surface area contributed by atoms with Crippen LogP contribution in [0.25, 0.3) is 17.1 Å². The molecule has 0 aliphatic rings. The van der Waals surface area contributed by atoms with Crippen molar-refractivity contribution >= 4 is 23.9 Å². The minimum Gasteiger partial charge on any atom is -0.497 e. The molecule has 1 N–H and O–H groups in total. The van der Waals surface area contributed by atoms with Crippen LogP contribution in [-0.2, 0) is 4.79 Å². The predicted molar refractivity (Wildman–Crippen MR) is 138 cm³/mol. The molecule has 1 amide bonds. The Labute approximate surface area is 208 Å².